The molecule has 1 atom stereocenters. The Bertz CT molecular complexity index is 839. The zero-order valence-electron chi connectivity index (χ0n) is 14.4. The summed E-state index contributed by atoms with van der Waals surface area (Å²) in [6, 6.07) is 5.69. The summed E-state index contributed by atoms with van der Waals surface area (Å²) in [5, 5.41) is 13.4. The Morgan fingerprint density at radius 3 is 2.25 bits per heavy atom. The number of hydrogen-bond donors (Lipinski definition) is 2. The molecule has 1 aliphatic heterocycles. The maximum atomic E-state index is 14.1. The minimum atomic E-state index is -4.82. The number of nitrogens with zero attached hydrogens (tertiary/aromatic N) is 1. The molecule has 2 aromatic rings. The summed E-state index contributed by atoms with van der Waals surface area (Å²) < 4.78 is 68.7. The number of ether oxygens (including phenoxy) is 1. The van der Waals surface area contributed by atoms with E-state index in [2.05, 4.69) is 26.0 Å². The smallest absolute Gasteiger partial charge is 0.505 e. The molecule has 1 saturated heterocycles. The molecular formula is C18H16BrF5N2O2. The number of hydrogen-bond acceptors (Lipinski definition) is 4. The maximum Gasteiger partial charge on any atom is 0.573 e. The number of halogens is 6. The standard InChI is InChI=1S/C18H16BrF5N2O2/c19-13-9-12(17(27)15(21)14(13)20)16(26-7-5-25-6-8-26)10-1-3-11(4-2-10)28-18(22,23)24/h1-4,9,16,25,27H,5-8H2/t16-/m1/s1. The highest BCUT2D eigenvalue weighted by molar-refractivity contribution is 9.10. The SMILES string of the molecule is Oc1c([C@@H](c2ccc(OC(F)(F)F)cc2)N2CCNCC2)cc(Br)c(F)c1F. The third-order valence-electron chi connectivity index (χ3n) is 4.41. The largest absolute Gasteiger partial charge is 0.573 e. The summed E-state index contributed by atoms with van der Waals surface area (Å²) in [5.74, 6) is -3.83. The first-order valence-corrected chi connectivity index (χ1v) is 9.13. The maximum absolute atomic E-state index is 14.1. The second kappa shape index (κ2) is 8.22. The van der Waals surface area contributed by atoms with Crippen LogP contribution in [0.15, 0.2) is 34.8 Å². The van der Waals surface area contributed by atoms with E-state index < -0.39 is 35.5 Å². The van der Waals surface area contributed by atoms with E-state index in [1.807, 2.05) is 4.90 Å². The Morgan fingerprint density at radius 2 is 1.68 bits per heavy atom. The Balaban J connectivity index is 2.03. The fourth-order valence-corrected chi connectivity index (χ4v) is 3.61. The van der Waals surface area contributed by atoms with Crippen molar-refractivity contribution >= 4 is 15.9 Å². The van der Waals surface area contributed by atoms with Crippen LogP contribution in [0.4, 0.5) is 22.0 Å². The van der Waals surface area contributed by atoms with Crippen LogP contribution >= 0.6 is 15.9 Å². The van der Waals surface area contributed by atoms with Crippen LogP contribution in [0.25, 0.3) is 0 Å². The van der Waals surface area contributed by atoms with Crippen LogP contribution in [0.1, 0.15) is 17.2 Å². The molecule has 1 aliphatic rings. The summed E-state index contributed by atoms with van der Waals surface area (Å²) in [6.45, 7) is 2.36. The van der Waals surface area contributed by atoms with Gasteiger partial charge in [0, 0.05) is 31.7 Å². The van der Waals surface area contributed by atoms with Crippen molar-refractivity contribution in [1.82, 2.24) is 10.2 Å². The lowest BCUT2D eigenvalue weighted by atomic mass is 9.95. The van der Waals surface area contributed by atoms with Crippen molar-refractivity contribution in [3.63, 3.8) is 0 Å². The van der Waals surface area contributed by atoms with Gasteiger partial charge < -0.3 is 15.2 Å². The fourth-order valence-electron chi connectivity index (χ4n) is 3.19. The van der Waals surface area contributed by atoms with Crippen LogP contribution in [0.2, 0.25) is 0 Å². The van der Waals surface area contributed by atoms with Gasteiger partial charge in [0.25, 0.3) is 0 Å². The first kappa shape index (κ1) is 20.8. The fraction of sp³-hybridized carbons (Fsp3) is 0.333. The predicted octanol–water partition coefficient (Wildman–Crippen LogP) is 4.33. The van der Waals surface area contributed by atoms with Crippen molar-refractivity contribution in [3.05, 3.63) is 57.6 Å². The molecule has 0 radical (unpaired) electrons. The molecule has 0 spiro atoms. The van der Waals surface area contributed by atoms with Gasteiger partial charge in [0.05, 0.1) is 10.5 Å². The molecule has 1 heterocycles. The molecule has 2 N–H and O–H groups in total. The van der Waals surface area contributed by atoms with Gasteiger partial charge in [-0.3, -0.25) is 4.90 Å². The zero-order valence-corrected chi connectivity index (χ0v) is 15.9. The van der Waals surface area contributed by atoms with Crippen LogP contribution in [-0.2, 0) is 0 Å². The number of rotatable bonds is 4. The molecule has 10 heteroatoms. The normalized spacial score (nSPS) is 16.8. The molecule has 0 bridgehead atoms. The molecule has 2 aromatic carbocycles. The van der Waals surface area contributed by atoms with E-state index in [1.165, 1.54) is 18.2 Å². The van der Waals surface area contributed by atoms with E-state index >= 15 is 0 Å². The van der Waals surface area contributed by atoms with Gasteiger partial charge in [-0.2, -0.15) is 4.39 Å². The van der Waals surface area contributed by atoms with E-state index in [-0.39, 0.29) is 10.0 Å². The summed E-state index contributed by atoms with van der Waals surface area (Å²) in [6.07, 6.45) is -4.82. The molecule has 152 valence electrons. The number of nitrogens with one attached hydrogen (secondary N) is 1. The Morgan fingerprint density at radius 1 is 1.07 bits per heavy atom. The van der Waals surface area contributed by atoms with Gasteiger partial charge in [0.15, 0.2) is 11.6 Å². The second-order valence-electron chi connectivity index (χ2n) is 6.23. The van der Waals surface area contributed by atoms with Gasteiger partial charge in [0.2, 0.25) is 5.82 Å². The van der Waals surface area contributed by atoms with E-state index in [4.69, 9.17) is 0 Å². The van der Waals surface area contributed by atoms with Gasteiger partial charge in [-0.05, 0) is 39.7 Å². The average molecular weight is 467 g/mol. The van der Waals surface area contributed by atoms with Gasteiger partial charge in [-0.1, -0.05) is 12.1 Å². The topological polar surface area (TPSA) is 44.7 Å². The molecule has 0 saturated carbocycles. The quantitative estimate of drug-likeness (QED) is 0.520. The Hall–Kier alpha value is -1.91. The van der Waals surface area contributed by atoms with E-state index in [0.29, 0.717) is 31.7 Å². The molecule has 4 nitrogen and oxygen atoms in total. The number of alkyl halides is 3. The number of benzene rings is 2. The Kier molecular flexibility index (Phi) is 6.11. The third-order valence-corrected chi connectivity index (χ3v) is 4.98. The van der Waals surface area contributed by atoms with Crippen molar-refractivity contribution in [3.8, 4) is 11.5 Å². The van der Waals surface area contributed by atoms with Crippen molar-refractivity contribution in [2.45, 2.75) is 12.4 Å². The van der Waals surface area contributed by atoms with Crippen LogP contribution < -0.4 is 10.1 Å². The summed E-state index contributed by atoms with van der Waals surface area (Å²) >= 11 is 2.94. The first-order chi connectivity index (χ1) is 13.2. The van der Waals surface area contributed by atoms with Gasteiger partial charge in [-0.25, -0.2) is 4.39 Å². The van der Waals surface area contributed by atoms with E-state index in [9.17, 15) is 27.1 Å². The van der Waals surface area contributed by atoms with Gasteiger partial charge in [-0.15, -0.1) is 13.2 Å². The summed E-state index contributed by atoms with van der Waals surface area (Å²) in [4.78, 5) is 1.93. The lowest BCUT2D eigenvalue weighted by Gasteiger charge is -2.36. The zero-order chi connectivity index (χ0) is 20.5. The monoisotopic (exact) mass is 466 g/mol. The molecule has 0 aromatic heterocycles. The van der Waals surface area contributed by atoms with Crippen molar-refractivity contribution in [2.75, 3.05) is 26.2 Å². The number of phenols is 1. The molecule has 28 heavy (non-hydrogen) atoms. The Labute approximate surface area is 166 Å². The highest BCUT2D eigenvalue weighted by Crippen LogP contribution is 2.39. The molecular weight excluding hydrogens is 451 g/mol. The predicted molar refractivity (Wildman–Crippen MR) is 95.1 cm³/mol. The van der Waals surface area contributed by atoms with Crippen LogP contribution in [0, 0.1) is 11.6 Å². The van der Waals surface area contributed by atoms with Crippen LogP contribution in [0.5, 0.6) is 11.5 Å². The number of phenolic OH excluding ortho intramolecular Hbond substituents is 1. The number of aromatic hydroxyl groups is 1. The lowest BCUT2D eigenvalue weighted by Crippen LogP contribution is -2.45. The lowest BCUT2D eigenvalue weighted by molar-refractivity contribution is -0.274. The van der Waals surface area contributed by atoms with Gasteiger partial charge >= 0.3 is 6.36 Å². The molecule has 1 fully saturated rings. The summed E-state index contributed by atoms with van der Waals surface area (Å²) in [5.41, 5.74) is 0.613. The minimum Gasteiger partial charge on any atom is -0.505 e. The third kappa shape index (κ3) is 4.56. The highest BCUT2D eigenvalue weighted by Gasteiger charge is 2.32. The number of piperazine rings is 1. The van der Waals surface area contributed by atoms with E-state index in [1.54, 1.807) is 0 Å². The molecule has 0 amide bonds. The van der Waals surface area contributed by atoms with Crippen molar-refractivity contribution in [2.24, 2.45) is 0 Å². The molecule has 0 aliphatic carbocycles. The summed E-state index contributed by atoms with van der Waals surface area (Å²) in [7, 11) is 0. The van der Waals surface area contributed by atoms with Crippen LogP contribution in [0.3, 0.4) is 0 Å². The average Bonchev–Trinajstić information content (AvgIpc) is 2.65. The molecule has 0 unspecified atom stereocenters. The van der Waals surface area contributed by atoms with Gasteiger partial charge in [0.1, 0.15) is 5.75 Å². The van der Waals surface area contributed by atoms with Crippen molar-refractivity contribution < 1.29 is 31.8 Å². The molecule has 3 rings (SSSR count). The highest BCUT2D eigenvalue weighted by atomic mass is 79.9. The minimum absolute atomic E-state index is 0.108. The van der Waals surface area contributed by atoms with Crippen LogP contribution in [-0.4, -0.2) is 42.5 Å². The van der Waals surface area contributed by atoms with E-state index in [0.717, 1.165) is 12.1 Å². The second-order valence-corrected chi connectivity index (χ2v) is 7.08. The van der Waals surface area contributed by atoms with Crippen molar-refractivity contribution in [1.29, 1.82) is 0 Å². The first-order valence-electron chi connectivity index (χ1n) is 8.34.